The molecule has 0 saturated carbocycles. The summed E-state index contributed by atoms with van der Waals surface area (Å²) in [4.78, 5) is 0. The van der Waals surface area contributed by atoms with Crippen LogP contribution >= 0.6 is 0 Å². The molecule has 180 valence electrons. The van der Waals surface area contributed by atoms with Crippen molar-refractivity contribution < 1.29 is 37.9 Å². The molecule has 0 amide bonds. The molecule has 1 N–H and O–H groups in total. The highest BCUT2D eigenvalue weighted by atomic mass is 16.6. The third-order valence-corrected chi connectivity index (χ3v) is 4.30. The molecule has 0 unspecified atom stereocenters. The Bertz CT molecular complexity index is 332. The fourth-order valence-corrected chi connectivity index (χ4v) is 2.70. The quantitative estimate of drug-likeness (QED) is 0.234. The van der Waals surface area contributed by atoms with Gasteiger partial charge in [-0.25, -0.2) is 0 Å². The van der Waals surface area contributed by atoms with Crippen LogP contribution in [0.3, 0.4) is 0 Å². The highest BCUT2D eigenvalue weighted by molar-refractivity contribution is 4.67. The lowest BCUT2D eigenvalue weighted by Gasteiger charge is -2.22. The molecular weight excluding hydrogens is 394 g/mol. The van der Waals surface area contributed by atoms with Crippen LogP contribution in [0.1, 0.15) is 19.8 Å². The van der Waals surface area contributed by atoms with Crippen molar-refractivity contribution >= 4 is 0 Å². The second kappa shape index (κ2) is 23.3. The summed E-state index contributed by atoms with van der Waals surface area (Å²) in [6.07, 6.45) is 2.57. The first kappa shape index (κ1) is 27.7. The van der Waals surface area contributed by atoms with Crippen molar-refractivity contribution in [2.75, 3.05) is 112 Å². The molecule has 1 saturated heterocycles. The summed E-state index contributed by atoms with van der Waals surface area (Å²) in [7, 11) is 0. The smallest absolute Gasteiger partial charge is 0.0704 e. The first-order chi connectivity index (χ1) is 14.9. The highest BCUT2D eigenvalue weighted by Crippen LogP contribution is 2.06. The predicted molar refractivity (Wildman–Crippen MR) is 113 cm³/mol. The number of nitrogens with one attached hydrogen (secondary N) is 1. The van der Waals surface area contributed by atoms with Crippen LogP contribution in [-0.4, -0.2) is 118 Å². The molecule has 0 aromatic carbocycles. The monoisotopic (exact) mass is 437 g/mol. The maximum absolute atomic E-state index is 5.77. The SMILES string of the molecule is CCOCCOCCOCCOCCOCCOCCOCCOC1CCNCC1. The summed E-state index contributed by atoms with van der Waals surface area (Å²) in [5, 5.41) is 3.32. The van der Waals surface area contributed by atoms with E-state index in [0.29, 0.717) is 98.6 Å². The van der Waals surface area contributed by atoms with Gasteiger partial charge in [-0.05, 0) is 32.9 Å². The van der Waals surface area contributed by atoms with Gasteiger partial charge in [0.2, 0.25) is 0 Å². The Morgan fingerprint density at radius 1 is 0.500 bits per heavy atom. The Kier molecular flexibility index (Phi) is 21.5. The van der Waals surface area contributed by atoms with Crippen LogP contribution < -0.4 is 5.32 Å². The third-order valence-electron chi connectivity index (χ3n) is 4.30. The second-order valence-electron chi connectivity index (χ2n) is 6.69. The molecule has 0 aromatic heterocycles. The fraction of sp³-hybridized carbons (Fsp3) is 1.00. The number of piperidine rings is 1. The van der Waals surface area contributed by atoms with Crippen LogP contribution in [0.5, 0.6) is 0 Å². The van der Waals surface area contributed by atoms with E-state index >= 15 is 0 Å². The van der Waals surface area contributed by atoms with Crippen molar-refractivity contribution in [3.63, 3.8) is 0 Å². The van der Waals surface area contributed by atoms with Gasteiger partial charge in [0, 0.05) is 6.61 Å². The van der Waals surface area contributed by atoms with Gasteiger partial charge in [0.1, 0.15) is 0 Å². The summed E-state index contributed by atoms with van der Waals surface area (Å²) in [6.45, 7) is 12.9. The Morgan fingerprint density at radius 2 is 0.833 bits per heavy atom. The van der Waals surface area contributed by atoms with Crippen molar-refractivity contribution in [1.29, 1.82) is 0 Å². The summed E-state index contributed by atoms with van der Waals surface area (Å²) in [5.41, 5.74) is 0. The summed E-state index contributed by atoms with van der Waals surface area (Å²) in [6, 6.07) is 0. The molecule has 1 aliphatic rings. The first-order valence-corrected chi connectivity index (χ1v) is 11.3. The molecule has 9 heteroatoms. The molecule has 0 aromatic rings. The van der Waals surface area contributed by atoms with Crippen molar-refractivity contribution in [2.24, 2.45) is 0 Å². The predicted octanol–water partition coefficient (Wildman–Crippen LogP) is 0.891. The largest absolute Gasteiger partial charge is 0.379 e. The first-order valence-electron chi connectivity index (χ1n) is 11.3. The van der Waals surface area contributed by atoms with Crippen LogP contribution in [-0.2, 0) is 37.9 Å². The van der Waals surface area contributed by atoms with Gasteiger partial charge >= 0.3 is 0 Å². The Hall–Kier alpha value is -0.360. The average molecular weight is 438 g/mol. The fourth-order valence-electron chi connectivity index (χ4n) is 2.70. The van der Waals surface area contributed by atoms with Gasteiger partial charge < -0.3 is 43.2 Å². The van der Waals surface area contributed by atoms with Crippen LogP contribution in [0.25, 0.3) is 0 Å². The van der Waals surface area contributed by atoms with E-state index in [4.69, 9.17) is 37.9 Å². The lowest BCUT2D eigenvalue weighted by atomic mass is 10.1. The Labute approximate surface area is 181 Å². The van der Waals surface area contributed by atoms with Crippen molar-refractivity contribution in [2.45, 2.75) is 25.9 Å². The van der Waals surface area contributed by atoms with Gasteiger partial charge in [-0.3, -0.25) is 0 Å². The van der Waals surface area contributed by atoms with Gasteiger partial charge in [0.05, 0.1) is 98.6 Å². The van der Waals surface area contributed by atoms with Gasteiger partial charge in [0.15, 0.2) is 0 Å². The van der Waals surface area contributed by atoms with Gasteiger partial charge in [0.25, 0.3) is 0 Å². The zero-order valence-corrected chi connectivity index (χ0v) is 18.8. The Morgan fingerprint density at radius 3 is 1.20 bits per heavy atom. The molecule has 1 heterocycles. The van der Waals surface area contributed by atoms with E-state index in [1.54, 1.807) is 0 Å². The highest BCUT2D eigenvalue weighted by Gasteiger charge is 2.12. The summed E-state index contributed by atoms with van der Waals surface area (Å²) < 4.78 is 43.5. The maximum Gasteiger partial charge on any atom is 0.0704 e. The van der Waals surface area contributed by atoms with Crippen molar-refractivity contribution in [3.8, 4) is 0 Å². The number of rotatable bonds is 23. The topological polar surface area (TPSA) is 85.9 Å². The normalized spacial score (nSPS) is 15.1. The van der Waals surface area contributed by atoms with Crippen LogP contribution in [0.2, 0.25) is 0 Å². The van der Waals surface area contributed by atoms with Crippen molar-refractivity contribution in [1.82, 2.24) is 5.32 Å². The molecule has 30 heavy (non-hydrogen) atoms. The van der Waals surface area contributed by atoms with E-state index in [1.165, 1.54) is 0 Å². The Balaban J connectivity index is 1.63. The van der Waals surface area contributed by atoms with Gasteiger partial charge in [-0.2, -0.15) is 0 Å². The molecule has 0 spiro atoms. The van der Waals surface area contributed by atoms with Crippen LogP contribution in [0.15, 0.2) is 0 Å². The number of ether oxygens (including phenoxy) is 8. The molecule has 1 aliphatic heterocycles. The van der Waals surface area contributed by atoms with Crippen molar-refractivity contribution in [3.05, 3.63) is 0 Å². The van der Waals surface area contributed by atoms with E-state index < -0.39 is 0 Å². The van der Waals surface area contributed by atoms with Gasteiger partial charge in [-0.15, -0.1) is 0 Å². The molecular formula is C21H43NO8. The third kappa shape index (κ3) is 19.6. The lowest BCUT2D eigenvalue weighted by molar-refractivity contribution is -0.0312. The summed E-state index contributed by atoms with van der Waals surface area (Å²) >= 11 is 0. The van der Waals surface area contributed by atoms with E-state index in [-0.39, 0.29) is 0 Å². The zero-order valence-electron chi connectivity index (χ0n) is 18.8. The molecule has 1 rings (SSSR count). The zero-order chi connectivity index (χ0) is 21.4. The van der Waals surface area contributed by atoms with E-state index in [0.717, 1.165) is 32.5 Å². The minimum absolute atomic E-state index is 0.385. The molecule has 1 fully saturated rings. The standard InChI is InChI=1S/C21H43NO8/c1-2-23-7-8-24-9-10-25-11-12-26-13-14-27-15-16-28-17-18-29-19-20-30-21-3-5-22-6-4-21/h21-22H,2-20H2,1H3. The van der Waals surface area contributed by atoms with Crippen LogP contribution in [0.4, 0.5) is 0 Å². The molecule has 0 radical (unpaired) electrons. The number of hydrogen-bond acceptors (Lipinski definition) is 9. The molecule has 0 aliphatic carbocycles. The average Bonchev–Trinajstić information content (AvgIpc) is 2.78. The van der Waals surface area contributed by atoms with Gasteiger partial charge in [-0.1, -0.05) is 0 Å². The summed E-state index contributed by atoms with van der Waals surface area (Å²) in [5.74, 6) is 0. The van der Waals surface area contributed by atoms with E-state index in [1.807, 2.05) is 6.92 Å². The minimum atomic E-state index is 0.385. The number of hydrogen-bond donors (Lipinski definition) is 1. The minimum Gasteiger partial charge on any atom is -0.379 e. The maximum atomic E-state index is 5.77. The van der Waals surface area contributed by atoms with Crippen LogP contribution in [0, 0.1) is 0 Å². The van der Waals surface area contributed by atoms with E-state index in [2.05, 4.69) is 5.32 Å². The lowest BCUT2D eigenvalue weighted by Crippen LogP contribution is -2.33. The molecule has 0 atom stereocenters. The second-order valence-corrected chi connectivity index (χ2v) is 6.69. The molecule has 9 nitrogen and oxygen atoms in total. The van der Waals surface area contributed by atoms with E-state index in [9.17, 15) is 0 Å². The molecule has 0 bridgehead atoms.